The molecule has 2 rings (SSSR count). The monoisotopic (exact) mass is 274 g/mol. The normalized spacial score (nSPS) is 17.2. The number of nitrogens with two attached hydrogens (primary N) is 1. The molecule has 0 bridgehead atoms. The van der Waals surface area contributed by atoms with E-state index in [1.54, 1.807) is 6.08 Å². The topological polar surface area (TPSA) is 25.8 Å². The number of hydrogen-bond acceptors (Lipinski definition) is 1. The Labute approximate surface area is 123 Å². The van der Waals surface area contributed by atoms with Gasteiger partial charge in [0.15, 0.2) is 0 Å². The van der Waals surface area contributed by atoms with Crippen molar-refractivity contribution in [2.45, 2.75) is 57.5 Å². The predicted molar refractivity (Wildman–Crippen MR) is 83.9 cm³/mol. The van der Waals surface area contributed by atoms with Crippen LogP contribution >= 0.6 is 0 Å². The molecular formula is C18H28NO+. The van der Waals surface area contributed by atoms with Crippen molar-refractivity contribution in [2.24, 2.45) is 0 Å². The van der Waals surface area contributed by atoms with Crippen LogP contribution in [0.1, 0.15) is 50.5 Å². The minimum absolute atomic E-state index is 0.577. The van der Waals surface area contributed by atoms with Gasteiger partial charge in [0.05, 0.1) is 6.04 Å². The van der Waals surface area contributed by atoms with Crippen LogP contribution in [0.2, 0.25) is 0 Å². The number of hydrogen-bond donors (Lipinski definition) is 1. The predicted octanol–water partition coefficient (Wildman–Crippen LogP) is 3.43. The van der Waals surface area contributed by atoms with E-state index in [4.69, 9.17) is 4.74 Å². The first-order valence-electron chi connectivity index (χ1n) is 8.04. The minimum Gasteiger partial charge on any atom is -0.490 e. The number of rotatable bonds is 6. The first kappa shape index (κ1) is 15.1. The van der Waals surface area contributed by atoms with Gasteiger partial charge in [-0.25, -0.2) is 0 Å². The Bertz CT molecular complexity index is 377. The molecule has 1 aromatic carbocycles. The second-order valence-corrected chi connectivity index (χ2v) is 5.79. The summed E-state index contributed by atoms with van der Waals surface area (Å²) in [7, 11) is 0. The molecule has 0 aliphatic heterocycles. The Kier molecular flexibility index (Phi) is 6.65. The maximum atomic E-state index is 5.51. The van der Waals surface area contributed by atoms with Gasteiger partial charge in [0.2, 0.25) is 0 Å². The standard InChI is InChI=1S/C18H27NO/c1-2-14-20-18-12-10-16(11-13-18)15-19-17-8-6-4-3-5-7-9-17/h2,10-13,17,19H,1,3-9,14-15H2/p+1. The molecule has 0 heterocycles. The van der Waals surface area contributed by atoms with E-state index in [9.17, 15) is 0 Å². The molecule has 0 saturated heterocycles. The lowest BCUT2D eigenvalue weighted by atomic mass is 9.96. The van der Waals surface area contributed by atoms with Crippen LogP contribution < -0.4 is 10.1 Å². The van der Waals surface area contributed by atoms with Gasteiger partial charge >= 0.3 is 0 Å². The molecule has 2 nitrogen and oxygen atoms in total. The second-order valence-electron chi connectivity index (χ2n) is 5.79. The van der Waals surface area contributed by atoms with Gasteiger partial charge in [0, 0.05) is 5.56 Å². The van der Waals surface area contributed by atoms with Crippen LogP contribution in [0.15, 0.2) is 36.9 Å². The van der Waals surface area contributed by atoms with Crippen LogP contribution in [0, 0.1) is 0 Å². The average Bonchev–Trinajstić information content (AvgIpc) is 2.45. The van der Waals surface area contributed by atoms with Gasteiger partial charge in [-0.2, -0.15) is 0 Å². The SMILES string of the molecule is C=CCOc1ccc(C[NH2+]C2CCCCCCC2)cc1. The molecular weight excluding hydrogens is 246 g/mol. The summed E-state index contributed by atoms with van der Waals surface area (Å²) in [5, 5.41) is 2.53. The van der Waals surface area contributed by atoms with Gasteiger partial charge in [-0.15, -0.1) is 0 Å². The van der Waals surface area contributed by atoms with E-state index in [1.165, 1.54) is 50.5 Å². The maximum absolute atomic E-state index is 5.51. The molecule has 1 aromatic rings. The van der Waals surface area contributed by atoms with Crippen LogP contribution in [0.3, 0.4) is 0 Å². The molecule has 1 aliphatic rings. The fourth-order valence-corrected chi connectivity index (χ4v) is 2.90. The van der Waals surface area contributed by atoms with Gasteiger partial charge in [0.1, 0.15) is 18.9 Å². The Morgan fingerprint density at radius 3 is 2.35 bits per heavy atom. The number of benzene rings is 1. The van der Waals surface area contributed by atoms with E-state index in [1.807, 2.05) is 0 Å². The summed E-state index contributed by atoms with van der Waals surface area (Å²) >= 11 is 0. The van der Waals surface area contributed by atoms with Gasteiger partial charge in [0.25, 0.3) is 0 Å². The van der Waals surface area contributed by atoms with Crippen molar-refractivity contribution >= 4 is 0 Å². The van der Waals surface area contributed by atoms with Crippen LogP contribution in [0.5, 0.6) is 5.75 Å². The van der Waals surface area contributed by atoms with Crippen molar-refractivity contribution in [1.82, 2.24) is 0 Å². The average molecular weight is 274 g/mol. The highest BCUT2D eigenvalue weighted by atomic mass is 16.5. The Balaban J connectivity index is 1.76. The molecule has 0 unspecified atom stereocenters. The van der Waals surface area contributed by atoms with Gasteiger partial charge < -0.3 is 10.1 Å². The lowest BCUT2D eigenvalue weighted by Crippen LogP contribution is -2.88. The third kappa shape index (κ3) is 5.38. The highest BCUT2D eigenvalue weighted by Gasteiger charge is 2.13. The molecule has 0 aromatic heterocycles. The van der Waals surface area contributed by atoms with E-state index < -0.39 is 0 Å². The van der Waals surface area contributed by atoms with Crippen LogP contribution in [-0.4, -0.2) is 12.6 Å². The highest BCUT2D eigenvalue weighted by molar-refractivity contribution is 5.26. The van der Waals surface area contributed by atoms with Gasteiger partial charge in [-0.05, 0) is 49.9 Å². The Morgan fingerprint density at radius 2 is 1.70 bits per heavy atom. The first-order chi connectivity index (χ1) is 9.88. The first-order valence-corrected chi connectivity index (χ1v) is 8.04. The quantitative estimate of drug-likeness (QED) is 0.790. The van der Waals surface area contributed by atoms with Crippen LogP contribution in [0.4, 0.5) is 0 Å². The lowest BCUT2D eigenvalue weighted by molar-refractivity contribution is -0.706. The summed E-state index contributed by atoms with van der Waals surface area (Å²) in [6.45, 7) is 5.33. The fourth-order valence-electron chi connectivity index (χ4n) is 2.90. The summed E-state index contributed by atoms with van der Waals surface area (Å²) in [5.41, 5.74) is 1.39. The molecule has 1 aliphatic carbocycles. The molecule has 0 spiro atoms. The van der Waals surface area contributed by atoms with Crippen LogP contribution in [0.25, 0.3) is 0 Å². The zero-order chi connectivity index (χ0) is 14.0. The molecule has 1 saturated carbocycles. The molecule has 0 atom stereocenters. The van der Waals surface area contributed by atoms with Gasteiger partial charge in [-0.3, -0.25) is 0 Å². The van der Waals surface area contributed by atoms with Gasteiger partial charge in [-0.1, -0.05) is 31.9 Å². The van der Waals surface area contributed by atoms with E-state index in [-0.39, 0.29) is 0 Å². The van der Waals surface area contributed by atoms with Crippen molar-refractivity contribution in [3.63, 3.8) is 0 Å². The molecule has 2 heteroatoms. The third-order valence-corrected chi connectivity index (χ3v) is 4.13. The van der Waals surface area contributed by atoms with Crippen LogP contribution in [-0.2, 0) is 6.54 Å². The van der Waals surface area contributed by atoms with E-state index >= 15 is 0 Å². The third-order valence-electron chi connectivity index (χ3n) is 4.13. The smallest absolute Gasteiger partial charge is 0.119 e. The summed E-state index contributed by atoms with van der Waals surface area (Å²) in [4.78, 5) is 0. The zero-order valence-corrected chi connectivity index (χ0v) is 12.5. The summed E-state index contributed by atoms with van der Waals surface area (Å²) in [6.07, 6.45) is 11.7. The van der Waals surface area contributed by atoms with E-state index in [0.29, 0.717) is 6.61 Å². The minimum atomic E-state index is 0.577. The highest BCUT2D eigenvalue weighted by Crippen LogP contribution is 2.15. The number of ether oxygens (including phenoxy) is 1. The van der Waals surface area contributed by atoms with Crippen molar-refractivity contribution in [2.75, 3.05) is 6.61 Å². The summed E-state index contributed by atoms with van der Waals surface area (Å²) < 4.78 is 5.51. The zero-order valence-electron chi connectivity index (χ0n) is 12.5. The second kappa shape index (κ2) is 8.80. The molecule has 1 fully saturated rings. The van der Waals surface area contributed by atoms with E-state index in [2.05, 4.69) is 36.2 Å². The van der Waals surface area contributed by atoms with Crippen molar-refractivity contribution < 1.29 is 10.1 Å². The molecule has 0 radical (unpaired) electrons. The molecule has 2 N–H and O–H groups in total. The lowest BCUT2D eigenvalue weighted by Gasteiger charge is -2.18. The maximum Gasteiger partial charge on any atom is 0.119 e. The molecule has 0 amide bonds. The van der Waals surface area contributed by atoms with Crippen molar-refractivity contribution in [3.8, 4) is 5.75 Å². The Morgan fingerprint density at radius 1 is 1.05 bits per heavy atom. The molecule has 20 heavy (non-hydrogen) atoms. The molecule has 110 valence electrons. The van der Waals surface area contributed by atoms with Crippen molar-refractivity contribution in [3.05, 3.63) is 42.5 Å². The number of quaternary nitrogens is 1. The summed E-state index contributed by atoms with van der Waals surface area (Å²) in [5.74, 6) is 0.930. The van der Waals surface area contributed by atoms with Crippen molar-refractivity contribution in [1.29, 1.82) is 0 Å². The summed E-state index contributed by atoms with van der Waals surface area (Å²) in [6, 6.07) is 9.30. The Hall–Kier alpha value is -1.28. The fraction of sp³-hybridized carbons (Fsp3) is 0.556. The van der Waals surface area contributed by atoms with E-state index in [0.717, 1.165) is 18.3 Å². The largest absolute Gasteiger partial charge is 0.490 e.